The molecule has 0 rings (SSSR count). The summed E-state index contributed by atoms with van der Waals surface area (Å²) in [5.74, 6) is -2.18. The van der Waals surface area contributed by atoms with E-state index in [0.717, 1.165) is 148 Å². The van der Waals surface area contributed by atoms with Gasteiger partial charge in [-0.1, -0.05) is 269 Å². The standard InChI is InChI=1S/C75H138O17P2/c1-5-9-13-17-21-25-29-33-34-38-40-44-48-52-56-60-73(78)86-66-71(92-75(80)62-58-54-50-46-42-37-32-28-24-20-16-12-8-4)68-90-94(83,84)88-64-69(76)63-87-93(81,82)89-67-70(91-74(79)61-57-53-49-45-41-36-31-27-23-19-15-11-7-3)65-85-72(77)59-55-51-47-43-39-35-30-26-22-18-14-10-6-2/h14,18,26-28,30-32,69-71,76H,5-13,15-17,19-25,29,33-68H2,1-4H3,(H,81,82)(H,83,84)/b18-14-,30-26-,31-27-,32-28-. The van der Waals surface area contributed by atoms with Gasteiger partial charge in [0.1, 0.15) is 19.3 Å². The molecule has 550 valence electrons. The maximum absolute atomic E-state index is 13.1. The van der Waals surface area contributed by atoms with E-state index in [1.807, 2.05) is 0 Å². The molecule has 0 amide bonds. The summed E-state index contributed by atoms with van der Waals surface area (Å²) in [5.41, 5.74) is 0. The molecular weight excluding hydrogens is 1230 g/mol. The zero-order valence-corrected chi connectivity index (χ0v) is 61.7. The molecule has 5 unspecified atom stereocenters. The third-order valence-electron chi connectivity index (χ3n) is 16.2. The number of allylic oxidation sites excluding steroid dienone is 8. The van der Waals surface area contributed by atoms with Crippen molar-refractivity contribution < 1.29 is 80.2 Å². The van der Waals surface area contributed by atoms with Crippen LogP contribution in [0.25, 0.3) is 0 Å². The van der Waals surface area contributed by atoms with E-state index < -0.39 is 97.5 Å². The van der Waals surface area contributed by atoms with Gasteiger partial charge in [-0.3, -0.25) is 37.3 Å². The average molecular weight is 1370 g/mol. The Bertz CT molecular complexity index is 1980. The maximum atomic E-state index is 13.1. The van der Waals surface area contributed by atoms with Crippen molar-refractivity contribution in [3.05, 3.63) is 48.6 Å². The molecule has 0 fully saturated rings. The topological polar surface area (TPSA) is 237 Å². The summed E-state index contributed by atoms with van der Waals surface area (Å²) in [6.45, 7) is 4.80. The van der Waals surface area contributed by atoms with E-state index >= 15 is 0 Å². The molecule has 0 aliphatic carbocycles. The number of rotatable bonds is 72. The van der Waals surface area contributed by atoms with Crippen LogP contribution in [0.5, 0.6) is 0 Å². The number of phosphoric ester groups is 2. The number of carbonyl (C=O) groups is 4. The minimum atomic E-state index is -4.97. The summed E-state index contributed by atoms with van der Waals surface area (Å²) >= 11 is 0. The number of phosphoric acid groups is 2. The highest BCUT2D eigenvalue weighted by molar-refractivity contribution is 7.47. The van der Waals surface area contributed by atoms with Crippen LogP contribution in [0.1, 0.15) is 349 Å². The number of hydrogen-bond acceptors (Lipinski definition) is 15. The van der Waals surface area contributed by atoms with Crippen LogP contribution in [0.4, 0.5) is 0 Å². The Morgan fingerprint density at radius 3 is 0.851 bits per heavy atom. The van der Waals surface area contributed by atoms with E-state index in [1.165, 1.54) is 122 Å². The van der Waals surface area contributed by atoms with Gasteiger partial charge in [-0.05, 0) is 103 Å². The average Bonchev–Trinajstić information content (AvgIpc) is 2.45. The first-order chi connectivity index (χ1) is 45.7. The molecule has 17 nitrogen and oxygen atoms in total. The smallest absolute Gasteiger partial charge is 0.462 e. The highest BCUT2D eigenvalue weighted by Gasteiger charge is 2.30. The van der Waals surface area contributed by atoms with Crippen molar-refractivity contribution in [2.75, 3.05) is 39.6 Å². The van der Waals surface area contributed by atoms with Gasteiger partial charge in [-0.2, -0.15) is 0 Å². The van der Waals surface area contributed by atoms with E-state index in [9.17, 15) is 43.2 Å². The minimum Gasteiger partial charge on any atom is -0.462 e. The Labute approximate surface area is 572 Å². The molecule has 0 spiro atoms. The molecule has 0 aromatic heterocycles. The van der Waals surface area contributed by atoms with Crippen molar-refractivity contribution in [3.63, 3.8) is 0 Å². The lowest BCUT2D eigenvalue weighted by Crippen LogP contribution is -2.30. The lowest BCUT2D eigenvalue weighted by atomic mass is 10.0. The summed E-state index contributed by atoms with van der Waals surface area (Å²) in [6.07, 6.45) is 63.9. The van der Waals surface area contributed by atoms with Crippen LogP contribution < -0.4 is 0 Å². The second-order valence-corrected chi connectivity index (χ2v) is 28.5. The summed E-state index contributed by atoms with van der Waals surface area (Å²) < 4.78 is 68.4. The number of aliphatic hydroxyl groups is 1. The Balaban J connectivity index is 5.31. The zero-order chi connectivity index (χ0) is 69.0. The fourth-order valence-electron chi connectivity index (χ4n) is 10.4. The first-order valence-electron chi connectivity index (χ1n) is 37.9. The molecule has 19 heteroatoms. The number of aliphatic hydroxyl groups excluding tert-OH is 1. The van der Waals surface area contributed by atoms with E-state index in [0.29, 0.717) is 25.7 Å². The molecule has 94 heavy (non-hydrogen) atoms. The van der Waals surface area contributed by atoms with Crippen LogP contribution in [-0.4, -0.2) is 96.7 Å². The van der Waals surface area contributed by atoms with Gasteiger partial charge in [0.25, 0.3) is 0 Å². The Morgan fingerprint density at radius 2 is 0.543 bits per heavy atom. The fraction of sp³-hybridized carbons (Fsp3) is 0.840. The third kappa shape index (κ3) is 67.6. The van der Waals surface area contributed by atoms with E-state index in [4.69, 9.17) is 37.0 Å². The van der Waals surface area contributed by atoms with Crippen molar-refractivity contribution in [1.82, 2.24) is 0 Å². The second-order valence-electron chi connectivity index (χ2n) is 25.6. The molecule has 0 saturated carbocycles. The highest BCUT2D eigenvalue weighted by atomic mass is 31.2. The molecule has 0 saturated heterocycles. The summed E-state index contributed by atoms with van der Waals surface area (Å²) in [6, 6.07) is 0. The van der Waals surface area contributed by atoms with Crippen molar-refractivity contribution in [3.8, 4) is 0 Å². The molecule has 5 atom stereocenters. The van der Waals surface area contributed by atoms with Crippen LogP contribution in [0.15, 0.2) is 48.6 Å². The van der Waals surface area contributed by atoms with Gasteiger partial charge in [-0.25, -0.2) is 9.13 Å². The summed E-state index contributed by atoms with van der Waals surface area (Å²) in [4.78, 5) is 72.7. The number of esters is 4. The SMILES string of the molecule is CCC/C=C\C/C=C\CCCCCCCC(=O)OCC(COP(=O)(O)OCC(O)COP(=O)(O)OCC(COC(=O)CCCCCCCCCCCCCCCCC)OC(=O)CCCCCCC/C=C\CCCCCC)OC(=O)CCCCCCC/C=C\CCCCCC. The number of carbonyl (C=O) groups excluding carboxylic acids is 4. The van der Waals surface area contributed by atoms with E-state index in [2.05, 4.69) is 76.3 Å². The molecule has 0 heterocycles. The van der Waals surface area contributed by atoms with E-state index in [-0.39, 0.29) is 25.7 Å². The third-order valence-corrected chi connectivity index (χ3v) is 18.1. The second kappa shape index (κ2) is 68.5. The molecule has 0 aromatic rings. The fourth-order valence-corrected chi connectivity index (χ4v) is 12.0. The lowest BCUT2D eigenvalue weighted by molar-refractivity contribution is -0.161. The Morgan fingerprint density at radius 1 is 0.298 bits per heavy atom. The van der Waals surface area contributed by atoms with Crippen molar-refractivity contribution in [2.45, 2.75) is 367 Å². The monoisotopic (exact) mass is 1370 g/mol. The van der Waals surface area contributed by atoms with Gasteiger partial charge < -0.3 is 33.8 Å². The first kappa shape index (κ1) is 91.0. The zero-order valence-electron chi connectivity index (χ0n) is 59.9. The normalized spacial score (nSPS) is 14.2. The quantitative estimate of drug-likeness (QED) is 0.0169. The highest BCUT2D eigenvalue weighted by Crippen LogP contribution is 2.45. The van der Waals surface area contributed by atoms with Crippen LogP contribution >= 0.6 is 15.6 Å². The minimum absolute atomic E-state index is 0.0861. The van der Waals surface area contributed by atoms with Gasteiger partial charge in [-0.15, -0.1) is 0 Å². The first-order valence-corrected chi connectivity index (χ1v) is 40.9. The van der Waals surface area contributed by atoms with Gasteiger partial charge in [0.15, 0.2) is 12.2 Å². The lowest BCUT2D eigenvalue weighted by Gasteiger charge is -2.21. The summed E-state index contributed by atoms with van der Waals surface area (Å²) in [7, 11) is -9.93. The van der Waals surface area contributed by atoms with Crippen LogP contribution in [0, 0.1) is 0 Å². The van der Waals surface area contributed by atoms with Gasteiger partial charge in [0, 0.05) is 25.7 Å². The molecule has 3 N–H and O–H groups in total. The van der Waals surface area contributed by atoms with Crippen LogP contribution in [-0.2, 0) is 65.4 Å². The number of hydrogen-bond donors (Lipinski definition) is 3. The Hall–Kier alpha value is -2.98. The van der Waals surface area contributed by atoms with Gasteiger partial charge in [0.05, 0.1) is 26.4 Å². The predicted octanol–water partition coefficient (Wildman–Crippen LogP) is 21.3. The summed E-state index contributed by atoms with van der Waals surface area (Å²) in [5, 5.41) is 10.6. The molecule has 0 aliphatic heterocycles. The van der Waals surface area contributed by atoms with Gasteiger partial charge >= 0.3 is 39.5 Å². The van der Waals surface area contributed by atoms with Crippen LogP contribution in [0.2, 0.25) is 0 Å². The Kier molecular flexibility index (Phi) is 66.4. The van der Waals surface area contributed by atoms with Crippen LogP contribution in [0.3, 0.4) is 0 Å². The molecule has 0 aromatic carbocycles. The largest absolute Gasteiger partial charge is 0.472 e. The van der Waals surface area contributed by atoms with Crippen molar-refractivity contribution >= 4 is 39.5 Å². The maximum Gasteiger partial charge on any atom is 0.472 e. The molecule has 0 aliphatic rings. The number of ether oxygens (including phenoxy) is 4. The molecule has 0 radical (unpaired) electrons. The predicted molar refractivity (Wildman–Crippen MR) is 381 cm³/mol. The van der Waals surface area contributed by atoms with E-state index in [1.54, 1.807) is 0 Å². The van der Waals surface area contributed by atoms with Crippen molar-refractivity contribution in [2.24, 2.45) is 0 Å². The molecule has 0 bridgehead atoms. The van der Waals surface area contributed by atoms with Gasteiger partial charge in [0.2, 0.25) is 0 Å². The number of unbranched alkanes of at least 4 members (excludes halogenated alkanes) is 38. The van der Waals surface area contributed by atoms with Crippen molar-refractivity contribution in [1.29, 1.82) is 0 Å². The molecular formula is C75H138O17P2.